The number of nitrogens with zero attached hydrogens (tertiary/aromatic N) is 1. The zero-order valence-corrected chi connectivity index (χ0v) is 12.8. The van der Waals surface area contributed by atoms with Crippen molar-refractivity contribution in [3.05, 3.63) is 59.9 Å². The zero-order chi connectivity index (χ0) is 16.4. The van der Waals surface area contributed by atoms with Crippen LogP contribution in [0.15, 0.2) is 48.5 Å². The number of ether oxygens (including phenoxy) is 1. The fourth-order valence-corrected chi connectivity index (χ4v) is 2.72. The Morgan fingerprint density at radius 3 is 2.83 bits per heavy atom. The van der Waals surface area contributed by atoms with Gasteiger partial charge in [0.1, 0.15) is 17.7 Å². The third-order valence-corrected chi connectivity index (χ3v) is 3.83. The van der Waals surface area contributed by atoms with Gasteiger partial charge in [-0.05, 0) is 24.6 Å². The van der Waals surface area contributed by atoms with Gasteiger partial charge in [0.2, 0.25) is 5.91 Å². The lowest BCUT2D eigenvalue weighted by atomic mass is 10.1. The molecule has 23 heavy (non-hydrogen) atoms. The molecule has 0 aromatic heterocycles. The van der Waals surface area contributed by atoms with E-state index in [2.05, 4.69) is 0 Å². The van der Waals surface area contributed by atoms with E-state index in [1.54, 1.807) is 17.0 Å². The highest BCUT2D eigenvalue weighted by Crippen LogP contribution is 2.35. The number of fused-ring (bicyclic) bond motifs is 1. The van der Waals surface area contributed by atoms with Gasteiger partial charge in [0, 0.05) is 6.07 Å². The van der Waals surface area contributed by atoms with Gasteiger partial charge >= 0.3 is 0 Å². The lowest BCUT2D eigenvalue weighted by Gasteiger charge is -2.34. The van der Waals surface area contributed by atoms with E-state index in [0.717, 1.165) is 0 Å². The van der Waals surface area contributed by atoms with Gasteiger partial charge in [-0.1, -0.05) is 30.3 Å². The first-order chi connectivity index (χ1) is 11.0. The van der Waals surface area contributed by atoms with Crippen LogP contribution in [0.2, 0.25) is 0 Å². The van der Waals surface area contributed by atoms with Gasteiger partial charge in [0.05, 0.1) is 24.8 Å². The smallest absolute Gasteiger partial charge is 0.230 e. The SMILES string of the molecule is CC1CN(C(=O)CC(O)c2ccccc2)c2ccc(F)cc2O1. The fraction of sp³-hybridized carbons (Fsp3) is 0.278. The van der Waals surface area contributed by atoms with Crippen LogP contribution in [-0.4, -0.2) is 23.7 Å². The molecule has 1 amide bonds. The van der Waals surface area contributed by atoms with Gasteiger partial charge in [-0.25, -0.2) is 4.39 Å². The Bertz CT molecular complexity index is 705. The van der Waals surface area contributed by atoms with E-state index in [-0.39, 0.29) is 18.4 Å². The maximum absolute atomic E-state index is 13.4. The number of aliphatic hydroxyl groups excluding tert-OH is 1. The van der Waals surface area contributed by atoms with Crippen molar-refractivity contribution in [2.75, 3.05) is 11.4 Å². The molecule has 3 rings (SSSR count). The number of rotatable bonds is 3. The van der Waals surface area contributed by atoms with Gasteiger partial charge in [0.25, 0.3) is 0 Å². The summed E-state index contributed by atoms with van der Waals surface area (Å²) in [4.78, 5) is 14.1. The number of hydrogen-bond acceptors (Lipinski definition) is 3. The van der Waals surface area contributed by atoms with Crippen LogP contribution < -0.4 is 9.64 Å². The molecular weight excluding hydrogens is 297 g/mol. The van der Waals surface area contributed by atoms with E-state index in [1.807, 2.05) is 25.1 Å². The third kappa shape index (κ3) is 3.35. The molecule has 1 aliphatic rings. The van der Waals surface area contributed by atoms with Crippen LogP contribution in [0.3, 0.4) is 0 Å². The number of hydrogen-bond donors (Lipinski definition) is 1. The molecule has 1 N–H and O–H groups in total. The molecule has 120 valence electrons. The van der Waals surface area contributed by atoms with Crippen molar-refractivity contribution in [3.8, 4) is 5.75 Å². The molecular formula is C18H18FNO3. The van der Waals surface area contributed by atoms with Crippen LogP contribution in [-0.2, 0) is 4.79 Å². The largest absolute Gasteiger partial charge is 0.487 e. The van der Waals surface area contributed by atoms with Gasteiger partial charge in [-0.2, -0.15) is 0 Å². The quantitative estimate of drug-likeness (QED) is 0.947. The summed E-state index contributed by atoms with van der Waals surface area (Å²) in [5.41, 5.74) is 1.23. The van der Waals surface area contributed by atoms with E-state index in [4.69, 9.17) is 4.74 Å². The number of anilines is 1. The van der Waals surface area contributed by atoms with Gasteiger partial charge < -0.3 is 14.7 Å². The number of amides is 1. The Hall–Kier alpha value is -2.40. The Kier molecular flexibility index (Phi) is 4.30. The average Bonchev–Trinajstić information content (AvgIpc) is 2.54. The second-order valence-electron chi connectivity index (χ2n) is 5.68. The Morgan fingerprint density at radius 1 is 1.35 bits per heavy atom. The van der Waals surface area contributed by atoms with E-state index in [0.29, 0.717) is 23.5 Å². The van der Waals surface area contributed by atoms with Gasteiger partial charge in [-0.3, -0.25) is 4.79 Å². The molecule has 0 fully saturated rings. The zero-order valence-electron chi connectivity index (χ0n) is 12.8. The van der Waals surface area contributed by atoms with Crippen molar-refractivity contribution >= 4 is 11.6 Å². The summed E-state index contributed by atoms with van der Waals surface area (Å²) in [7, 11) is 0. The minimum atomic E-state index is -0.870. The Labute approximate surface area is 134 Å². The van der Waals surface area contributed by atoms with Crippen molar-refractivity contribution < 1.29 is 19.0 Å². The molecule has 0 spiro atoms. The van der Waals surface area contributed by atoms with Crippen LogP contribution in [0, 0.1) is 5.82 Å². The van der Waals surface area contributed by atoms with Crippen molar-refractivity contribution in [1.29, 1.82) is 0 Å². The molecule has 2 aromatic carbocycles. The summed E-state index contributed by atoms with van der Waals surface area (Å²) in [6.07, 6.45) is -1.14. The van der Waals surface area contributed by atoms with Crippen LogP contribution in [0.4, 0.5) is 10.1 Å². The van der Waals surface area contributed by atoms with Crippen LogP contribution in [0.1, 0.15) is 25.0 Å². The molecule has 0 radical (unpaired) electrons. The second-order valence-corrected chi connectivity index (χ2v) is 5.68. The molecule has 0 saturated carbocycles. The normalized spacial score (nSPS) is 18.0. The number of carbonyl (C=O) groups excluding carboxylic acids is 1. The Balaban J connectivity index is 1.80. The Morgan fingerprint density at radius 2 is 2.09 bits per heavy atom. The lowest BCUT2D eigenvalue weighted by Crippen LogP contribution is -2.42. The van der Waals surface area contributed by atoms with E-state index in [1.165, 1.54) is 18.2 Å². The van der Waals surface area contributed by atoms with Crippen LogP contribution >= 0.6 is 0 Å². The molecule has 0 aliphatic carbocycles. The molecule has 0 saturated heterocycles. The van der Waals surface area contributed by atoms with Gasteiger partial charge in [0.15, 0.2) is 0 Å². The topological polar surface area (TPSA) is 49.8 Å². The molecule has 4 nitrogen and oxygen atoms in total. The summed E-state index contributed by atoms with van der Waals surface area (Å²) in [6, 6.07) is 13.2. The molecule has 2 unspecified atom stereocenters. The molecule has 5 heteroatoms. The first kappa shape index (κ1) is 15.5. The minimum absolute atomic E-state index is 0.0342. The third-order valence-electron chi connectivity index (χ3n) is 3.83. The summed E-state index contributed by atoms with van der Waals surface area (Å²) >= 11 is 0. The molecule has 1 heterocycles. The van der Waals surface area contributed by atoms with Crippen LogP contribution in [0.25, 0.3) is 0 Å². The van der Waals surface area contributed by atoms with Crippen molar-refractivity contribution in [1.82, 2.24) is 0 Å². The first-order valence-electron chi connectivity index (χ1n) is 7.54. The lowest BCUT2D eigenvalue weighted by molar-refractivity contribution is -0.121. The average molecular weight is 315 g/mol. The second kappa shape index (κ2) is 6.38. The predicted molar refractivity (Wildman–Crippen MR) is 84.9 cm³/mol. The maximum atomic E-state index is 13.4. The molecule has 1 aliphatic heterocycles. The maximum Gasteiger partial charge on any atom is 0.230 e. The minimum Gasteiger partial charge on any atom is -0.487 e. The summed E-state index contributed by atoms with van der Waals surface area (Å²) in [5, 5.41) is 10.2. The van der Waals surface area contributed by atoms with Crippen molar-refractivity contribution in [2.24, 2.45) is 0 Å². The fourth-order valence-electron chi connectivity index (χ4n) is 2.72. The van der Waals surface area contributed by atoms with Gasteiger partial charge in [-0.15, -0.1) is 0 Å². The molecule has 2 aromatic rings. The van der Waals surface area contributed by atoms with Crippen LogP contribution in [0.5, 0.6) is 5.75 Å². The van der Waals surface area contributed by atoms with Crippen molar-refractivity contribution in [3.63, 3.8) is 0 Å². The first-order valence-corrected chi connectivity index (χ1v) is 7.54. The number of benzene rings is 2. The number of carbonyl (C=O) groups is 1. The highest BCUT2D eigenvalue weighted by atomic mass is 19.1. The number of halogens is 1. The molecule has 2 atom stereocenters. The summed E-state index contributed by atoms with van der Waals surface area (Å²) in [5.74, 6) is -0.273. The van der Waals surface area contributed by atoms with E-state index in [9.17, 15) is 14.3 Å². The monoisotopic (exact) mass is 315 g/mol. The number of aliphatic hydroxyl groups is 1. The standard InChI is InChI=1S/C18H18FNO3/c1-12-11-20(15-8-7-14(19)9-17(15)23-12)18(22)10-16(21)13-5-3-2-4-6-13/h2-9,12,16,21H,10-11H2,1H3. The summed E-state index contributed by atoms with van der Waals surface area (Å²) in [6.45, 7) is 2.20. The van der Waals surface area contributed by atoms with E-state index >= 15 is 0 Å². The highest BCUT2D eigenvalue weighted by molar-refractivity contribution is 5.95. The highest BCUT2D eigenvalue weighted by Gasteiger charge is 2.29. The molecule has 0 bridgehead atoms. The van der Waals surface area contributed by atoms with E-state index < -0.39 is 11.9 Å². The van der Waals surface area contributed by atoms with Crippen molar-refractivity contribution in [2.45, 2.75) is 25.6 Å². The summed E-state index contributed by atoms with van der Waals surface area (Å²) < 4.78 is 18.9. The predicted octanol–water partition coefficient (Wildman–Crippen LogP) is 3.06.